The Morgan fingerprint density at radius 3 is 2.50 bits per heavy atom. The summed E-state index contributed by atoms with van der Waals surface area (Å²) in [4.78, 5) is 15.0. The Bertz CT molecular complexity index is 1050. The van der Waals surface area contributed by atoms with E-state index in [0.717, 1.165) is 6.07 Å². The van der Waals surface area contributed by atoms with Gasteiger partial charge in [-0.3, -0.25) is 15.0 Å². The number of allylic oxidation sites excluding steroid dienone is 1. The molecule has 2 aromatic rings. The number of rotatable bonds is 10. The summed E-state index contributed by atoms with van der Waals surface area (Å²) in [5.74, 6) is -1.33. The van der Waals surface area contributed by atoms with Crippen molar-refractivity contribution in [1.82, 2.24) is 9.79 Å². The van der Waals surface area contributed by atoms with Crippen LogP contribution in [-0.2, 0) is 16.6 Å². The van der Waals surface area contributed by atoms with Crippen LogP contribution in [0.4, 0.5) is 4.39 Å². The second kappa shape index (κ2) is 10.6. The monoisotopic (exact) mass is 431 g/mol. The maximum atomic E-state index is 13.6. The van der Waals surface area contributed by atoms with E-state index >= 15 is 0 Å². The number of nitrogens with one attached hydrogen (secondary N) is 1. The minimum absolute atomic E-state index is 0.00812. The van der Waals surface area contributed by atoms with E-state index in [4.69, 9.17) is 5.21 Å². The van der Waals surface area contributed by atoms with E-state index in [1.165, 1.54) is 46.3 Å². The number of hydrogen-bond donors (Lipinski definition) is 2. The average molecular weight is 431 g/mol. The van der Waals surface area contributed by atoms with E-state index < -0.39 is 21.7 Å². The highest BCUT2D eigenvalue weighted by molar-refractivity contribution is 7.89. The van der Waals surface area contributed by atoms with Crippen LogP contribution in [0.5, 0.6) is 0 Å². The lowest BCUT2D eigenvalue weighted by Gasteiger charge is -2.23. The summed E-state index contributed by atoms with van der Waals surface area (Å²) in [5, 5.41) is 8.70. The molecule has 2 N–H and O–H groups in total. The zero-order valence-corrected chi connectivity index (χ0v) is 17.0. The van der Waals surface area contributed by atoms with Crippen molar-refractivity contribution in [3.8, 4) is 0 Å². The van der Waals surface area contributed by atoms with Crippen LogP contribution in [0.3, 0.4) is 0 Å². The maximum absolute atomic E-state index is 13.6. The molecule has 0 radical (unpaired) electrons. The second-order valence-corrected chi connectivity index (χ2v) is 8.21. The summed E-state index contributed by atoms with van der Waals surface area (Å²) in [6, 6.07) is 10.9. The molecule has 2 aromatic carbocycles. The molecule has 2 rings (SSSR count). The molecule has 0 aromatic heterocycles. The summed E-state index contributed by atoms with van der Waals surface area (Å²) in [6.45, 7) is 7.14. The number of halogens is 1. The first-order valence-electron chi connectivity index (χ1n) is 8.88. The Hall–Kier alpha value is -3.14. The summed E-state index contributed by atoms with van der Waals surface area (Å²) in [7, 11) is -4.01. The highest BCUT2D eigenvalue weighted by Crippen LogP contribution is 2.21. The van der Waals surface area contributed by atoms with Gasteiger partial charge < -0.3 is 0 Å². The summed E-state index contributed by atoms with van der Waals surface area (Å²) < 4.78 is 41.1. The van der Waals surface area contributed by atoms with Gasteiger partial charge in [0.25, 0.3) is 5.91 Å². The van der Waals surface area contributed by atoms with Crippen molar-refractivity contribution in [1.29, 1.82) is 0 Å². The highest BCUT2D eigenvalue weighted by Gasteiger charge is 2.25. The van der Waals surface area contributed by atoms with Crippen LogP contribution in [0.1, 0.15) is 22.3 Å². The summed E-state index contributed by atoms with van der Waals surface area (Å²) >= 11 is 0. The van der Waals surface area contributed by atoms with Crippen molar-refractivity contribution in [2.45, 2.75) is 17.9 Å². The molecule has 9 heteroatoms. The van der Waals surface area contributed by atoms with Crippen LogP contribution in [0.15, 0.2) is 82.8 Å². The quantitative estimate of drug-likeness (QED) is 0.261. The SMILES string of the molecule is C=C/C(=C\N=C)CCN(Cc1ccc(C(=O)NO)cc1)S(=O)(=O)c1cccc(F)c1. The number of carbonyl (C=O) groups excluding carboxylic acids is 1. The third-order valence-electron chi connectivity index (χ3n) is 4.28. The Labute approximate surface area is 174 Å². The molecule has 1 amide bonds. The van der Waals surface area contributed by atoms with Crippen LogP contribution >= 0.6 is 0 Å². The van der Waals surface area contributed by atoms with E-state index in [0.29, 0.717) is 17.6 Å². The van der Waals surface area contributed by atoms with E-state index in [9.17, 15) is 17.6 Å². The van der Waals surface area contributed by atoms with E-state index in [-0.39, 0.29) is 23.5 Å². The molecular weight excluding hydrogens is 409 g/mol. The highest BCUT2D eigenvalue weighted by atomic mass is 32.2. The molecule has 0 fully saturated rings. The minimum atomic E-state index is -4.01. The molecule has 0 aliphatic carbocycles. The van der Waals surface area contributed by atoms with Crippen molar-refractivity contribution >= 4 is 22.6 Å². The number of aliphatic imine (C=N–C) groups is 1. The first-order valence-corrected chi connectivity index (χ1v) is 10.3. The molecule has 158 valence electrons. The molecule has 0 saturated heterocycles. The smallest absolute Gasteiger partial charge is 0.274 e. The largest absolute Gasteiger partial charge is 0.288 e. The molecule has 0 heterocycles. The van der Waals surface area contributed by atoms with Gasteiger partial charge in [-0.05, 0) is 54.6 Å². The molecule has 0 aliphatic rings. The third kappa shape index (κ3) is 5.93. The fourth-order valence-corrected chi connectivity index (χ4v) is 4.14. The molecule has 0 bridgehead atoms. The van der Waals surface area contributed by atoms with Crippen molar-refractivity contribution in [3.63, 3.8) is 0 Å². The Balaban J connectivity index is 2.35. The minimum Gasteiger partial charge on any atom is -0.288 e. The van der Waals surface area contributed by atoms with Gasteiger partial charge in [0.2, 0.25) is 10.0 Å². The van der Waals surface area contributed by atoms with Gasteiger partial charge in [0.1, 0.15) is 5.82 Å². The number of amides is 1. The zero-order chi connectivity index (χ0) is 22.1. The summed E-state index contributed by atoms with van der Waals surface area (Å²) in [6.07, 6.45) is 3.37. The molecule has 0 atom stereocenters. The predicted molar refractivity (Wildman–Crippen MR) is 112 cm³/mol. The topological polar surface area (TPSA) is 99.1 Å². The lowest BCUT2D eigenvalue weighted by molar-refractivity contribution is 0.0706. The predicted octanol–water partition coefficient (Wildman–Crippen LogP) is 3.30. The third-order valence-corrected chi connectivity index (χ3v) is 6.12. The first-order chi connectivity index (χ1) is 14.3. The van der Waals surface area contributed by atoms with E-state index in [1.54, 1.807) is 18.2 Å². The van der Waals surface area contributed by atoms with Crippen LogP contribution in [0.2, 0.25) is 0 Å². The normalized spacial score (nSPS) is 11.9. The number of sulfonamides is 1. The van der Waals surface area contributed by atoms with Crippen LogP contribution < -0.4 is 5.48 Å². The van der Waals surface area contributed by atoms with Gasteiger partial charge in [-0.1, -0.05) is 30.9 Å². The number of hydroxylamine groups is 1. The zero-order valence-electron chi connectivity index (χ0n) is 16.2. The molecule has 0 unspecified atom stereocenters. The van der Waals surface area contributed by atoms with Gasteiger partial charge in [-0.15, -0.1) is 0 Å². The molecular formula is C21H22FN3O4S. The number of nitrogens with zero attached hydrogens (tertiary/aromatic N) is 2. The van der Waals surface area contributed by atoms with E-state index in [2.05, 4.69) is 18.3 Å². The lowest BCUT2D eigenvalue weighted by Crippen LogP contribution is -2.32. The number of hydrogen-bond acceptors (Lipinski definition) is 5. The van der Waals surface area contributed by atoms with E-state index in [1.807, 2.05) is 0 Å². The van der Waals surface area contributed by atoms with Crippen LogP contribution in [0, 0.1) is 5.82 Å². The van der Waals surface area contributed by atoms with Crippen molar-refractivity contribution in [2.24, 2.45) is 4.99 Å². The van der Waals surface area contributed by atoms with Crippen molar-refractivity contribution < 1.29 is 22.8 Å². The fourth-order valence-electron chi connectivity index (χ4n) is 2.68. The average Bonchev–Trinajstić information content (AvgIpc) is 2.75. The second-order valence-electron chi connectivity index (χ2n) is 6.27. The van der Waals surface area contributed by atoms with Crippen molar-refractivity contribution in [2.75, 3.05) is 6.54 Å². The van der Waals surface area contributed by atoms with Crippen molar-refractivity contribution in [3.05, 3.63) is 89.9 Å². The fraction of sp³-hybridized carbons (Fsp3) is 0.143. The standard InChI is InChI=1S/C21H22FN3O4S/c1-3-16(14-23-2)11-12-25(30(28,29)20-6-4-5-19(22)13-20)15-17-7-9-18(10-8-17)21(26)24-27/h3-10,13-14,27H,1-2,11-12,15H2,(H,24,26)/b16-14+. The Morgan fingerprint density at radius 2 is 1.93 bits per heavy atom. The van der Waals surface area contributed by atoms with Gasteiger partial charge in [0.05, 0.1) is 4.90 Å². The number of benzene rings is 2. The molecule has 0 spiro atoms. The van der Waals surface area contributed by atoms with Crippen LogP contribution in [0.25, 0.3) is 0 Å². The van der Waals surface area contributed by atoms with Crippen LogP contribution in [-0.4, -0.2) is 37.1 Å². The summed E-state index contributed by atoms with van der Waals surface area (Å²) in [5.41, 5.74) is 3.05. The molecule has 30 heavy (non-hydrogen) atoms. The number of carbonyl (C=O) groups is 1. The molecule has 7 nitrogen and oxygen atoms in total. The van der Waals surface area contributed by atoms with Gasteiger partial charge >= 0.3 is 0 Å². The maximum Gasteiger partial charge on any atom is 0.274 e. The molecule has 0 saturated carbocycles. The molecule has 0 aliphatic heterocycles. The van der Waals surface area contributed by atoms with Gasteiger partial charge in [-0.25, -0.2) is 18.3 Å². The first kappa shape index (κ1) is 23.1. The van der Waals surface area contributed by atoms with Gasteiger partial charge in [0, 0.05) is 24.9 Å². The Kier molecular flexibility index (Phi) is 8.16. The van der Waals surface area contributed by atoms with Gasteiger partial charge in [0.15, 0.2) is 0 Å². The van der Waals surface area contributed by atoms with Gasteiger partial charge in [-0.2, -0.15) is 4.31 Å². The lowest BCUT2D eigenvalue weighted by atomic mass is 10.1. The Morgan fingerprint density at radius 1 is 1.23 bits per heavy atom.